The fourth-order valence-corrected chi connectivity index (χ4v) is 2.73. The first-order chi connectivity index (χ1) is 6.77. The molecule has 0 aromatic rings. The van der Waals surface area contributed by atoms with Crippen molar-refractivity contribution in [2.75, 3.05) is 18.1 Å². The fourth-order valence-electron chi connectivity index (χ4n) is 0.940. The molecule has 92 valence electrons. The normalized spacial score (nSPS) is 16.1. The van der Waals surface area contributed by atoms with E-state index in [1.807, 2.05) is 6.92 Å². The molecular weight excluding hydrogens is 260 g/mol. The van der Waals surface area contributed by atoms with Crippen LogP contribution in [0.15, 0.2) is 0 Å². The number of hydrogen-bond donors (Lipinski definition) is 1. The van der Waals surface area contributed by atoms with Crippen molar-refractivity contribution >= 4 is 30.1 Å². The molecular formula is C7H16O5S3. The maximum atomic E-state index is 11.3. The molecule has 5 nitrogen and oxygen atoms in total. The van der Waals surface area contributed by atoms with Gasteiger partial charge in [0.1, 0.15) is 0 Å². The lowest BCUT2D eigenvalue weighted by molar-refractivity contribution is 0.323. The van der Waals surface area contributed by atoms with Gasteiger partial charge in [0.2, 0.25) is 0 Å². The molecule has 0 spiro atoms. The molecule has 0 aliphatic heterocycles. The van der Waals surface area contributed by atoms with E-state index in [0.29, 0.717) is 6.42 Å². The molecule has 15 heavy (non-hydrogen) atoms. The Morgan fingerprint density at radius 1 is 1.20 bits per heavy atom. The van der Waals surface area contributed by atoms with Gasteiger partial charge in [0.25, 0.3) is 9.05 Å². The van der Waals surface area contributed by atoms with Crippen LogP contribution in [0.25, 0.3) is 0 Å². The van der Waals surface area contributed by atoms with E-state index in [0.717, 1.165) is 12.8 Å². The quantitative estimate of drug-likeness (QED) is 0.659. The average Bonchev–Trinajstić information content (AvgIpc) is 2.01. The zero-order valence-corrected chi connectivity index (χ0v) is 11.0. The molecule has 0 aromatic carbocycles. The minimum atomic E-state index is -3.70. The molecule has 0 aliphatic carbocycles. The van der Waals surface area contributed by atoms with E-state index < -0.39 is 18.9 Å². The molecule has 0 aliphatic rings. The zero-order chi connectivity index (χ0) is 11.9. The number of hydrogen-bond acceptors (Lipinski definition) is 5. The predicted octanol–water partition coefficient (Wildman–Crippen LogP) is 0.742. The van der Waals surface area contributed by atoms with Gasteiger partial charge in [0.15, 0.2) is 9.84 Å². The monoisotopic (exact) mass is 276 g/mol. The molecule has 0 rings (SSSR count). The number of unbranched alkanes of at least 4 members (excludes halogenated alkanes) is 2. The van der Waals surface area contributed by atoms with Gasteiger partial charge in [0, 0.05) is 11.2 Å². The third kappa shape index (κ3) is 10.5. The molecule has 0 bridgehead atoms. The summed E-state index contributed by atoms with van der Waals surface area (Å²) in [5.74, 6) is -0.168. The van der Waals surface area contributed by atoms with Gasteiger partial charge in [-0.25, -0.2) is 8.42 Å². The van der Waals surface area contributed by atoms with Crippen LogP contribution in [0.1, 0.15) is 26.2 Å². The van der Waals surface area contributed by atoms with E-state index in [9.17, 15) is 12.6 Å². The Morgan fingerprint density at radius 3 is 2.27 bits per heavy atom. The van der Waals surface area contributed by atoms with E-state index in [4.69, 9.17) is 4.55 Å². The van der Waals surface area contributed by atoms with Crippen molar-refractivity contribution in [3.05, 3.63) is 0 Å². The second-order valence-electron chi connectivity index (χ2n) is 3.11. The van der Waals surface area contributed by atoms with Gasteiger partial charge in [0.05, 0.1) is 18.1 Å². The Hall–Kier alpha value is 0.240. The summed E-state index contributed by atoms with van der Waals surface area (Å²) < 4.78 is 45.9. The van der Waals surface area contributed by atoms with Gasteiger partial charge >= 0.3 is 0 Å². The first-order valence-electron chi connectivity index (χ1n) is 4.59. The van der Waals surface area contributed by atoms with Gasteiger partial charge < -0.3 is 0 Å². The lowest BCUT2D eigenvalue weighted by Gasteiger charge is -2.04. The molecule has 0 fully saturated rings. The molecule has 1 N–H and O–H groups in total. The highest BCUT2D eigenvalue weighted by Gasteiger charge is 2.11. The third-order valence-electron chi connectivity index (χ3n) is 1.69. The van der Waals surface area contributed by atoms with Crippen molar-refractivity contribution < 1.29 is 21.4 Å². The highest BCUT2D eigenvalue weighted by atomic mass is 32.9. The largest absolute Gasteiger partial charge is 0.285 e. The SMILES string of the molecule is CCCCCS(=O)(=O)CCOS(=O)(O)=S. The fraction of sp³-hybridized carbons (Fsp3) is 1.00. The molecule has 0 amide bonds. The average molecular weight is 276 g/mol. The highest BCUT2D eigenvalue weighted by Crippen LogP contribution is 2.01. The summed E-state index contributed by atoms with van der Waals surface area (Å²) in [5.41, 5.74) is 0. The smallest absolute Gasteiger partial charge is 0.266 e. The van der Waals surface area contributed by atoms with Gasteiger partial charge in [-0.15, -0.1) is 0 Å². The van der Waals surface area contributed by atoms with Crippen molar-refractivity contribution in [2.45, 2.75) is 26.2 Å². The van der Waals surface area contributed by atoms with Crippen molar-refractivity contribution in [1.82, 2.24) is 0 Å². The van der Waals surface area contributed by atoms with Crippen LogP contribution in [0.5, 0.6) is 0 Å². The Kier molecular flexibility index (Phi) is 6.85. The zero-order valence-electron chi connectivity index (χ0n) is 8.55. The highest BCUT2D eigenvalue weighted by molar-refractivity contribution is 8.27. The Bertz CT molecular complexity index is 356. The second-order valence-corrected chi connectivity index (χ2v) is 7.77. The van der Waals surface area contributed by atoms with Crippen LogP contribution >= 0.6 is 0 Å². The summed E-state index contributed by atoms with van der Waals surface area (Å²) in [7, 11) is -6.89. The minimum absolute atomic E-state index is 0.0915. The summed E-state index contributed by atoms with van der Waals surface area (Å²) in [6.45, 7) is 1.65. The minimum Gasteiger partial charge on any atom is -0.285 e. The maximum Gasteiger partial charge on any atom is 0.266 e. The van der Waals surface area contributed by atoms with Gasteiger partial charge in [-0.1, -0.05) is 19.8 Å². The van der Waals surface area contributed by atoms with Crippen molar-refractivity contribution in [3.63, 3.8) is 0 Å². The van der Waals surface area contributed by atoms with E-state index in [1.54, 1.807) is 0 Å². The molecule has 8 heteroatoms. The van der Waals surface area contributed by atoms with Crippen molar-refractivity contribution in [2.24, 2.45) is 0 Å². The van der Waals surface area contributed by atoms with Crippen LogP contribution < -0.4 is 0 Å². The van der Waals surface area contributed by atoms with E-state index in [2.05, 4.69) is 15.4 Å². The van der Waals surface area contributed by atoms with Gasteiger partial charge in [-0.05, 0) is 6.42 Å². The summed E-state index contributed by atoms with van der Waals surface area (Å²) >= 11 is 4.05. The molecule has 0 radical (unpaired) electrons. The standard InChI is InChI=1S/C7H16O5S3/c1-2-3-4-6-14(8,9)7-5-12-15(10,11)13/h2-7H2,1H3,(H,10,11,13). The molecule has 1 atom stereocenters. The molecule has 0 saturated carbocycles. The molecule has 0 saturated heterocycles. The van der Waals surface area contributed by atoms with Gasteiger partial charge in [-0.3, -0.25) is 8.74 Å². The number of rotatable bonds is 8. The van der Waals surface area contributed by atoms with Crippen LogP contribution in [0, 0.1) is 0 Å². The van der Waals surface area contributed by atoms with Crippen LogP contribution in [0.4, 0.5) is 0 Å². The lowest BCUT2D eigenvalue weighted by atomic mass is 10.3. The van der Waals surface area contributed by atoms with E-state index in [1.165, 1.54) is 0 Å². The van der Waals surface area contributed by atoms with Crippen LogP contribution in [-0.4, -0.2) is 35.3 Å². The van der Waals surface area contributed by atoms with E-state index in [-0.39, 0.29) is 18.1 Å². The summed E-state index contributed by atoms with van der Waals surface area (Å²) in [6.07, 6.45) is 2.42. The van der Waals surface area contributed by atoms with Gasteiger partial charge in [-0.2, -0.15) is 4.21 Å². The van der Waals surface area contributed by atoms with Crippen LogP contribution in [0.2, 0.25) is 0 Å². The first-order valence-corrected chi connectivity index (χ1v) is 8.78. The summed E-state index contributed by atoms with van der Waals surface area (Å²) in [6, 6.07) is 0. The predicted molar refractivity (Wildman–Crippen MR) is 62.3 cm³/mol. The maximum absolute atomic E-state index is 11.3. The molecule has 0 heterocycles. The topological polar surface area (TPSA) is 80.7 Å². The third-order valence-corrected chi connectivity index (χ3v) is 4.14. The Balaban J connectivity index is 3.85. The lowest BCUT2D eigenvalue weighted by Crippen LogP contribution is -2.17. The number of sulfone groups is 1. The first kappa shape index (κ1) is 15.2. The Labute approximate surface area is 95.8 Å². The second kappa shape index (κ2) is 6.74. The van der Waals surface area contributed by atoms with Crippen LogP contribution in [0.3, 0.4) is 0 Å². The van der Waals surface area contributed by atoms with Crippen molar-refractivity contribution in [3.8, 4) is 0 Å². The summed E-state index contributed by atoms with van der Waals surface area (Å²) in [5, 5.41) is 0. The molecule has 1 unspecified atom stereocenters. The van der Waals surface area contributed by atoms with Crippen LogP contribution in [-0.2, 0) is 34.3 Å². The Morgan fingerprint density at radius 2 is 1.80 bits per heavy atom. The van der Waals surface area contributed by atoms with E-state index >= 15 is 0 Å². The molecule has 0 aromatic heterocycles. The summed E-state index contributed by atoms with van der Waals surface area (Å²) in [4.78, 5) is 0. The van der Waals surface area contributed by atoms with Crippen molar-refractivity contribution in [1.29, 1.82) is 0 Å².